The van der Waals surface area contributed by atoms with E-state index in [1.807, 2.05) is 14.0 Å². The van der Waals surface area contributed by atoms with Crippen molar-refractivity contribution in [1.82, 2.24) is 20.4 Å². The molecule has 3 heterocycles. The lowest BCUT2D eigenvalue weighted by Crippen LogP contribution is -2.56. The summed E-state index contributed by atoms with van der Waals surface area (Å²) >= 11 is 0. The number of rotatable bonds is 5. The van der Waals surface area contributed by atoms with Crippen LogP contribution in [0.1, 0.15) is 49.9 Å². The average molecular weight is 436 g/mol. The van der Waals surface area contributed by atoms with E-state index in [9.17, 15) is 0 Å². The second-order valence-corrected chi connectivity index (χ2v) is 9.32. The van der Waals surface area contributed by atoms with Crippen molar-refractivity contribution < 1.29 is 9.26 Å². The second-order valence-electron chi connectivity index (χ2n) is 9.32. The standard InChI is InChI=1S/C25H33N5O2/c1-16-9-10-21-18(13-16)14-20(25-26-17(2)29-32-25)24(28-21)30-12-11-22(23(15-30)31-3)27-19-7-5-4-6-8-19/h9-10,13-14,19,22-23,27H,4-8,11-12,15H2,1-3H3/t22?,23-/m0/s1. The number of nitrogens with one attached hydrogen (secondary N) is 1. The van der Waals surface area contributed by atoms with E-state index in [2.05, 4.69) is 51.5 Å². The third-order valence-corrected chi connectivity index (χ3v) is 6.92. The van der Waals surface area contributed by atoms with Crippen molar-refractivity contribution in [2.24, 2.45) is 0 Å². The third-order valence-electron chi connectivity index (χ3n) is 6.92. The van der Waals surface area contributed by atoms with Crippen LogP contribution in [0.4, 0.5) is 5.82 Å². The van der Waals surface area contributed by atoms with E-state index in [-0.39, 0.29) is 6.10 Å². The normalized spacial score (nSPS) is 22.5. The summed E-state index contributed by atoms with van der Waals surface area (Å²) in [6.45, 7) is 5.63. The van der Waals surface area contributed by atoms with E-state index in [1.165, 1.54) is 37.7 Å². The Bertz CT molecular complexity index is 1080. The van der Waals surface area contributed by atoms with Gasteiger partial charge in [-0.15, -0.1) is 0 Å². The number of pyridine rings is 1. The molecule has 1 saturated carbocycles. The first-order valence-electron chi connectivity index (χ1n) is 11.9. The Balaban J connectivity index is 1.45. The molecule has 0 spiro atoms. The molecular formula is C25H33N5O2. The predicted molar refractivity (Wildman–Crippen MR) is 126 cm³/mol. The number of benzene rings is 1. The fourth-order valence-corrected chi connectivity index (χ4v) is 5.20. The number of hydrogen-bond donors (Lipinski definition) is 1. The molecule has 1 N–H and O–H groups in total. The summed E-state index contributed by atoms with van der Waals surface area (Å²) < 4.78 is 11.5. The number of fused-ring (bicyclic) bond motifs is 1. The monoisotopic (exact) mass is 435 g/mol. The van der Waals surface area contributed by atoms with Gasteiger partial charge in [0.15, 0.2) is 5.82 Å². The van der Waals surface area contributed by atoms with Gasteiger partial charge in [-0.1, -0.05) is 36.0 Å². The first-order valence-corrected chi connectivity index (χ1v) is 11.9. The summed E-state index contributed by atoms with van der Waals surface area (Å²) in [6.07, 6.45) is 7.73. The molecule has 0 radical (unpaired) electrons. The lowest BCUT2D eigenvalue weighted by Gasteiger charge is -2.41. The zero-order chi connectivity index (χ0) is 22.1. The Labute approximate surface area is 189 Å². The van der Waals surface area contributed by atoms with Crippen LogP contribution in [0.15, 0.2) is 28.8 Å². The molecule has 1 aliphatic heterocycles. The van der Waals surface area contributed by atoms with Crippen LogP contribution < -0.4 is 10.2 Å². The summed E-state index contributed by atoms with van der Waals surface area (Å²) in [4.78, 5) is 11.9. The maximum Gasteiger partial charge on any atom is 0.261 e. The highest BCUT2D eigenvalue weighted by Gasteiger charge is 2.33. The van der Waals surface area contributed by atoms with Gasteiger partial charge < -0.3 is 19.5 Å². The zero-order valence-corrected chi connectivity index (χ0v) is 19.3. The molecule has 1 aliphatic carbocycles. The second kappa shape index (κ2) is 9.16. The molecule has 2 aliphatic rings. The van der Waals surface area contributed by atoms with Crippen molar-refractivity contribution in [2.45, 2.75) is 70.6 Å². The minimum Gasteiger partial charge on any atom is -0.378 e. The van der Waals surface area contributed by atoms with Crippen molar-refractivity contribution in [3.63, 3.8) is 0 Å². The van der Waals surface area contributed by atoms with Crippen molar-refractivity contribution in [3.05, 3.63) is 35.7 Å². The summed E-state index contributed by atoms with van der Waals surface area (Å²) in [5.74, 6) is 2.04. The number of hydrogen-bond acceptors (Lipinski definition) is 7. The summed E-state index contributed by atoms with van der Waals surface area (Å²) in [5.41, 5.74) is 3.06. The van der Waals surface area contributed by atoms with Gasteiger partial charge in [-0.25, -0.2) is 4.98 Å². The fraction of sp³-hybridized carbons (Fsp3) is 0.560. The maximum absolute atomic E-state index is 5.97. The molecule has 0 bridgehead atoms. The number of aromatic nitrogens is 3. The van der Waals surface area contributed by atoms with Gasteiger partial charge >= 0.3 is 0 Å². The van der Waals surface area contributed by atoms with Crippen LogP contribution in [0.25, 0.3) is 22.4 Å². The molecule has 1 saturated heterocycles. The first kappa shape index (κ1) is 21.3. The van der Waals surface area contributed by atoms with E-state index < -0.39 is 0 Å². The minimum atomic E-state index is 0.110. The lowest BCUT2D eigenvalue weighted by molar-refractivity contribution is 0.0534. The van der Waals surface area contributed by atoms with Crippen LogP contribution >= 0.6 is 0 Å². The molecule has 1 aromatic carbocycles. The summed E-state index contributed by atoms with van der Waals surface area (Å²) in [5, 5.41) is 9.00. The van der Waals surface area contributed by atoms with Crippen LogP contribution in [0.3, 0.4) is 0 Å². The van der Waals surface area contributed by atoms with Crippen molar-refractivity contribution in [3.8, 4) is 11.5 Å². The van der Waals surface area contributed by atoms with E-state index >= 15 is 0 Å². The molecule has 170 valence electrons. The van der Waals surface area contributed by atoms with E-state index in [0.29, 0.717) is 23.8 Å². The number of nitrogens with zero attached hydrogens (tertiary/aromatic N) is 4. The average Bonchev–Trinajstić information content (AvgIpc) is 3.25. The van der Waals surface area contributed by atoms with Gasteiger partial charge in [0.1, 0.15) is 5.82 Å². The molecule has 32 heavy (non-hydrogen) atoms. The SMILES string of the molecule is CO[C@H]1CN(c2nc3ccc(C)cc3cc2-c2nc(C)no2)CCC1NC1CCCCC1. The Morgan fingerprint density at radius 2 is 1.91 bits per heavy atom. The first-order chi connectivity index (χ1) is 15.6. The minimum absolute atomic E-state index is 0.110. The van der Waals surface area contributed by atoms with Crippen LogP contribution in [-0.4, -0.2) is 53.5 Å². The molecule has 7 nitrogen and oxygen atoms in total. The number of aryl methyl sites for hydroxylation is 2. The quantitative estimate of drug-likeness (QED) is 0.636. The van der Waals surface area contributed by atoms with E-state index in [0.717, 1.165) is 41.8 Å². The Morgan fingerprint density at radius 1 is 1.06 bits per heavy atom. The number of anilines is 1. The van der Waals surface area contributed by atoms with Gasteiger partial charge in [0, 0.05) is 37.7 Å². The Hall–Kier alpha value is -2.51. The molecule has 2 fully saturated rings. The van der Waals surface area contributed by atoms with E-state index in [4.69, 9.17) is 14.2 Å². The largest absolute Gasteiger partial charge is 0.378 e. The molecule has 1 unspecified atom stereocenters. The molecule has 2 aromatic heterocycles. The van der Waals surface area contributed by atoms with E-state index in [1.54, 1.807) is 0 Å². The molecule has 3 aromatic rings. The van der Waals surface area contributed by atoms with Crippen LogP contribution in [0.2, 0.25) is 0 Å². The van der Waals surface area contributed by atoms with Gasteiger partial charge in [-0.05, 0) is 51.3 Å². The van der Waals surface area contributed by atoms with Gasteiger partial charge in [-0.2, -0.15) is 4.98 Å². The molecule has 0 amide bonds. The summed E-state index contributed by atoms with van der Waals surface area (Å²) in [7, 11) is 1.82. The fourth-order valence-electron chi connectivity index (χ4n) is 5.20. The summed E-state index contributed by atoms with van der Waals surface area (Å²) in [6, 6.07) is 9.47. The number of methoxy groups -OCH3 is 1. The van der Waals surface area contributed by atoms with Crippen LogP contribution in [0.5, 0.6) is 0 Å². The van der Waals surface area contributed by atoms with Crippen molar-refractivity contribution in [1.29, 1.82) is 0 Å². The molecule has 7 heteroatoms. The highest BCUT2D eigenvalue weighted by Crippen LogP contribution is 2.34. The molecule has 2 atom stereocenters. The Morgan fingerprint density at radius 3 is 2.66 bits per heavy atom. The Kier molecular flexibility index (Phi) is 6.11. The number of piperidine rings is 1. The highest BCUT2D eigenvalue weighted by molar-refractivity contribution is 5.88. The highest BCUT2D eigenvalue weighted by atomic mass is 16.5. The predicted octanol–water partition coefficient (Wildman–Crippen LogP) is 4.42. The van der Waals surface area contributed by atoms with Crippen molar-refractivity contribution in [2.75, 3.05) is 25.1 Å². The maximum atomic E-state index is 5.97. The van der Waals surface area contributed by atoms with Crippen molar-refractivity contribution >= 4 is 16.7 Å². The molecular weight excluding hydrogens is 402 g/mol. The third kappa shape index (κ3) is 4.36. The van der Waals surface area contributed by atoms with Gasteiger partial charge in [-0.3, -0.25) is 0 Å². The van der Waals surface area contributed by atoms with Crippen LogP contribution in [0, 0.1) is 13.8 Å². The lowest BCUT2D eigenvalue weighted by atomic mass is 9.92. The zero-order valence-electron chi connectivity index (χ0n) is 19.3. The topological polar surface area (TPSA) is 76.3 Å². The van der Waals surface area contributed by atoms with Gasteiger partial charge in [0.05, 0.1) is 17.2 Å². The van der Waals surface area contributed by atoms with Crippen LogP contribution in [-0.2, 0) is 4.74 Å². The smallest absolute Gasteiger partial charge is 0.261 e. The van der Waals surface area contributed by atoms with Gasteiger partial charge in [0.2, 0.25) is 0 Å². The van der Waals surface area contributed by atoms with Gasteiger partial charge in [0.25, 0.3) is 5.89 Å². The number of ether oxygens (including phenoxy) is 1. The molecule has 5 rings (SSSR count).